The second-order valence-electron chi connectivity index (χ2n) is 7.33. The van der Waals surface area contributed by atoms with Crippen LogP contribution in [0.3, 0.4) is 0 Å². The number of hydrogen-bond donors (Lipinski definition) is 2. The first-order valence-corrected chi connectivity index (χ1v) is 8.82. The van der Waals surface area contributed by atoms with E-state index in [4.69, 9.17) is 0 Å². The Hall–Kier alpha value is -2.08. The summed E-state index contributed by atoms with van der Waals surface area (Å²) in [6.07, 6.45) is 0.621. The van der Waals surface area contributed by atoms with Gasteiger partial charge in [-0.15, -0.1) is 0 Å². The Balaban J connectivity index is 1.73. The van der Waals surface area contributed by atoms with Crippen molar-refractivity contribution < 1.29 is 14.7 Å². The number of hydrogen-bond acceptors (Lipinski definition) is 4. The zero-order chi connectivity index (χ0) is 18.4. The van der Waals surface area contributed by atoms with Gasteiger partial charge in [0, 0.05) is 51.6 Å². The highest BCUT2D eigenvalue weighted by Gasteiger charge is 2.28. The molecule has 0 atom stereocenters. The Morgan fingerprint density at radius 2 is 1.72 bits per heavy atom. The molecular formula is C19H29N3O3. The lowest BCUT2D eigenvalue weighted by molar-refractivity contribution is -0.130. The quantitative estimate of drug-likeness (QED) is 0.812. The minimum atomic E-state index is -0.510. The average Bonchev–Trinajstić information content (AvgIpc) is 2.57. The molecule has 25 heavy (non-hydrogen) atoms. The zero-order valence-electron chi connectivity index (χ0n) is 15.4. The molecule has 1 saturated heterocycles. The van der Waals surface area contributed by atoms with E-state index >= 15 is 0 Å². The van der Waals surface area contributed by atoms with Gasteiger partial charge in [-0.2, -0.15) is 0 Å². The molecule has 0 aliphatic carbocycles. The highest BCUT2D eigenvalue weighted by molar-refractivity contribution is 5.82. The van der Waals surface area contributed by atoms with Crippen LogP contribution in [-0.2, 0) is 16.0 Å². The van der Waals surface area contributed by atoms with Gasteiger partial charge in [0.1, 0.15) is 5.75 Å². The molecule has 2 N–H and O–H groups in total. The van der Waals surface area contributed by atoms with Gasteiger partial charge in [-0.1, -0.05) is 26.0 Å². The number of rotatable bonds is 6. The van der Waals surface area contributed by atoms with Crippen molar-refractivity contribution in [3.8, 4) is 5.75 Å². The number of carbonyl (C=O) groups is 2. The highest BCUT2D eigenvalue weighted by atomic mass is 16.3. The van der Waals surface area contributed by atoms with Crippen LogP contribution < -0.4 is 5.32 Å². The van der Waals surface area contributed by atoms with Gasteiger partial charge in [0.2, 0.25) is 11.8 Å². The molecule has 0 aromatic heterocycles. The number of nitrogens with zero attached hydrogens (tertiary/aromatic N) is 2. The molecule has 6 nitrogen and oxygen atoms in total. The van der Waals surface area contributed by atoms with Crippen molar-refractivity contribution in [2.75, 3.05) is 39.3 Å². The van der Waals surface area contributed by atoms with Gasteiger partial charge in [-0.25, -0.2) is 0 Å². The maximum Gasteiger partial charge on any atom is 0.226 e. The second kappa shape index (κ2) is 8.34. The molecule has 138 valence electrons. The highest BCUT2D eigenvalue weighted by Crippen LogP contribution is 2.23. The molecule has 0 spiro atoms. The van der Waals surface area contributed by atoms with E-state index in [1.165, 1.54) is 0 Å². The summed E-state index contributed by atoms with van der Waals surface area (Å²) < 4.78 is 0. The van der Waals surface area contributed by atoms with Crippen LogP contribution in [-0.4, -0.2) is 66.0 Å². The molecule has 0 radical (unpaired) electrons. The Labute approximate surface area is 149 Å². The Morgan fingerprint density at radius 1 is 1.12 bits per heavy atom. The lowest BCUT2D eigenvalue weighted by Crippen LogP contribution is -2.50. The number of phenols is 1. The predicted molar refractivity (Wildman–Crippen MR) is 97.3 cm³/mol. The van der Waals surface area contributed by atoms with E-state index in [0.29, 0.717) is 13.0 Å². The number of nitrogens with one attached hydrogen (secondary N) is 1. The van der Waals surface area contributed by atoms with E-state index in [1.807, 2.05) is 30.9 Å². The SMILES string of the molecule is CC(=O)N1CCN(CCNC(=O)C(C)(C)Cc2ccc(O)cc2)CC1. The van der Waals surface area contributed by atoms with E-state index in [0.717, 1.165) is 38.3 Å². The molecule has 6 heteroatoms. The molecule has 1 aromatic rings. The normalized spacial score (nSPS) is 15.9. The molecular weight excluding hydrogens is 318 g/mol. The van der Waals surface area contributed by atoms with Crippen molar-refractivity contribution in [3.63, 3.8) is 0 Å². The van der Waals surface area contributed by atoms with E-state index in [1.54, 1.807) is 19.1 Å². The van der Waals surface area contributed by atoms with Crippen LogP contribution in [0, 0.1) is 5.41 Å². The maximum absolute atomic E-state index is 12.5. The van der Waals surface area contributed by atoms with Crippen molar-refractivity contribution in [2.24, 2.45) is 5.41 Å². The second-order valence-corrected chi connectivity index (χ2v) is 7.33. The Kier molecular flexibility index (Phi) is 6.42. The van der Waals surface area contributed by atoms with E-state index in [9.17, 15) is 14.7 Å². The van der Waals surface area contributed by atoms with Crippen molar-refractivity contribution in [1.82, 2.24) is 15.1 Å². The van der Waals surface area contributed by atoms with Crippen molar-refractivity contribution in [3.05, 3.63) is 29.8 Å². The van der Waals surface area contributed by atoms with Crippen LogP contribution in [0.2, 0.25) is 0 Å². The van der Waals surface area contributed by atoms with E-state index in [2.05, 4.69) is 10.2 Å². The van der Waals surface area contributed by atoms with Crippen LogP contribution in [0.25, 0.3) is 0 Å². The molecule has 1 aromatic carbocycles. The lowest BCUT2D eigenvalue weighted by Gasteiger charge is -2.34. The van der Waals surface area contributed by atoms with Crippen molar-refractivity contribution >= 4 is 11.8 Å². The fourth-order valence-corrected chi connectivity index (χ4v) is 3.06. The molecule has 1 aliphatic rings. The smallest absolute Gasteiger partial charge is 0.226 e. The standard InChI is InChI=1S/C19H29N3O3/c1-15(23)22-12-10-21(11-13-22)9-8-20-18(25)19(2,3)14-16-4-6-17(24)7-5-16/h4-7,24H,8-14H2,1-3H3,(H,20,25). The topological polar surface area (TPSA) is 72.9 Å². The first-order valence-electron chi connectivity index (χ1n) is 8.82. The van der Waals surface area contributed by atoms with E-state index in [-0.39, 0.29) is 17.6 Å². The predicted octanol–water partition coefficient (Wildman–Crippen LogP) is 1.24. The average molecular weight is 347 g/mol. The van der Waals surface area contributed by atoms with Crippen molar-refractivity contribution in [2.45, 2.75) is 27.2 Å². The van der Waals surface area contributed by atoms with Crippen molar-refractivity contribution in [1.29, 1.82) is 0 Å². The monoisotopic (exact) mass is 347 g/mol. The molecule has 0 unspecified atom stereocenters. The minimum Gasteiger partial charge on any atom is -0.508 e. The van der Waals surface area contributed by atoms with Crippen LogP contribution in [0.15, 0.2) is 24.3 Å². The summed E-state index contributed by atoms with van der Waals surface area (Å²) in [6.45, 7) is 10.1. The summed E-state index contributed by atoms with van der Waals surface area (Å²) in [4.78, 5) is 27.9. The van der Waals surface area contributed by atoms with Crippen LogP contribution in [0.1, 0.15) is 26.3 Å². The third-order valence-corrected chi connectivity index (χ3v) is 4.73. The fraction of sp³-hybridized carbons (Fsp3) is 0.579. The third-order valence-electron chi connectivity index (χ3n) is 4.73. The number of piperazine rings is 1. The molecule has 1 fully saturated rings. The minimum absolute atomic E-state index is 0.0305. The first-order chi connectivity index (χ1) is 11.8. The number of amides is 2. The van der Waals surface area contributed by atoms with Gasteiger partial charge in [-0.3, -0.25) is 14.5 Å². The molecule has 1 heterocycles. The first kappa shape index (κ1) is 19.2. The number of carbonyl (C=O) groups excluding carboxylic acids is 2. The zero-order valence-corrected chi connectivity index (χ0v) is 15.4. The fourth-order valence-electron chi connectivity index (χ4n) is 3.06. The number of benzene rings is 1. The molecule has 0 bridgehead atoms. The van der Waals surface area contributed by atoms with Crippen LogP contribution >= 0.6 is 0 Å². The van der Waals surface area contributed by atoms with E-state index < -0.39 is 5.41 Å². The molecule has 2 amide bonds. The largest absolute Gasteiger partial charge is 0.508 e. The summed E-state index contributed by atoms with van der Waals surface area (Å²) in [6, 6.07) is 6.98. The number of aromatic hydroxyl groups is 1. The summed E-state index contributed by atoms with van der Waals surface area (Å²) in [5, 5.41) is 12.4. The van der Waals surface area contributed by atoms with Gasteiger partial charge >= 0.3 is 0 Å². The van der Waals surface area contributed by atoms with Crippen LogP contribution in [0.5, 0.6) is 5.75 Å². The van der Waals surface area contributed by atoms with Gasteiger partial charge in [0.15, 0.2) is 0 Å². The molecule has 1 aliphatic heterocycles. The van der Waals surface area contributed by atoms with Gasteiger partial charge in [0.05, 0.1) is 0 Å². The Bertz CT molecular complexity index is 590. The summed E-state index contributed by atoms with van der Waals surface area (Å²) in [7, 11) is 0. The third kappa shape index (κ3) is 5.74. The lowest BCUT2D eigenvalue weighted by atomic mass is 9.85. The Morgan fingerprint density at radius 3 is 2.28 bits per heavy atom. The van der Waals surface area contributed by atoms with Gasteiger partial charge in [0.25, 0.3) is 0 Å². The number of phenolic OH excluding ortho intramolecular Hbond substituents is 1. The summed E-state index contributed by atoms with van der Waals surface area (Å²) in [5.74, 6) is 0.391. The molecule has 0 saturated carbocycles. The van der Waals surface area contributed by atoms with Gasteiger partial charge < -0.3 is 15.3 Å². The summed E-state index contributed by atoms with van der Waals surface area (Å²) in [5.41, 5.74) is 0.517. The van der Waals surface area contributed by atoms with Gasteiger partial charge in [-0.05, 0) is 24.1 Å². The maximum atomic E-state index is 12.5. The summed E-state index contributed by atoms with van der Waals surface area (Å²) >= 11 is 0. The van der Waals surface area contributed by atoms with Crippen LogP contribution in [0.4, 0.5) is 0 Å². The molecule has 2 rings (SSSR count).